The summed E-state index contributed by atoms with van der Waals surface area (Å²) in [6, 6.07) is 5.32. The summed E-state index contributed by atoms with van der Waals surface area (Å²) in [7, 11) is 0. The van der Waals surface area contributed by atoms with Crippen LogP contribution in [0.25, 0.3) is 11.5 Å². The molecule has 0 atom stereocenters. The smallest absolute Gasteiger partial charge is 0.261 e. The highest BCUT2D eigenvalue weighted by Crippen LogP contribution is 2.28. The lowest BCUT2D eigenvalue weighted by Crippen LogP contribution is -1.99. The zero-order valence-corrected chi connectivity index (χ0v) is 10.5. The Balaban J connectivity index is 2.13. The highest BCUT2D eigenvalue weighted by atomic mass is 16.5. The first-order chi connectivity index (χ1) is 8.70. The number of aromatic hydroxyl groups is 1. The molecule has 0 aliphatic carbocycles. The van der Waals surface area contributed by atoms with Crippen LogP contribution in [0, 0.1) is 6.92 Å². The summed E-state index contributed by atoms with van der Waals surface area (Å²) < 4.78 is 10.3. The number of ether oxygens (including phenoxy) is 1. The van der Waals surface area contributed by atoms with Gasteiger partial charge in [-0.2, -0.15) is 4.98 Å². The molecule has 1 heterocycles. The van der Waals surface area contributed by atoms with Crippen molar-refractivity contribution in [3.8, 4) is 17.2 Å². The van der Waals surface area contributed by atoms with Crippen LogP contribution in [0.15, 0.2) is 22.7 Å². The van der Waals surface area contributed by atoms with Crippen molar-refractivity contribution in [3.63, 3.8) is 0 Å². The molecular formula is C13H16N2O3. The Morgan fingerprint density at radius 1 is 1.39 bits per heavy atom. The third kappa shape index (κ3) is 2.87. The van der Waals surface area contributed by atoms with E-state index in [0.717, 1.165) is 5.56 Å². The molecule has 96 valence electrons. The highest BCUT2D eigenvalue weighted by molar-refractivity contribution is 5.62. The standard InChI is InChI=1S/C13H16N2O3/c1-3-17-7-6-12-14-13(18-15-12)10-5-4-9(2)8-11(10)16/h4-5,8,16H,3,6-7H2,1-2H3. The highest BCUT2D eigenvalue weighted by Gasteiger charge is 2.12. The maximum Gasteiger partial charge on any atom is 0.261 e. The van der Waals surface area contributed by atoms with Gasteiger partial charge in [0.1, 0.15) is 5.75 Å². The fourth-order valence-electron chi connectivity index (χ4n) is 1.60. The Morgan fingerprint density at radius 3 is 2.94 bits per heavy atom. The van der Waals surface area contributed by atoms with Crippen LogP contribution < -0.4 is 0 Å². The molecule has 0 amide bonds. The lowest BCUT2D eigenvalue weighted by molar-refractivity contribution is 0.149. The van der Waals surface area contributed by atoms with Gasteiger partial charge in [0.15, 0.2) is 5.82 Å². The van der Waals surface area contributed by atoms with E-state index in [-0.39, 0.29) is 5.75 Å². The fourth-order valence-corrected chi connectivity index (χ4v) is 1.60. The largest absolute Gasteiger partial charge is 0.507 e. The molecule has 0 unspecified atom stereocenters. The van der Waals surface area contributed by atoms with Crippen molar-refractivity contribution in [2.24, 2.45) is 0 Å². The molecule has 0 bridgehead atoms. The lowest BCUT2D eigenvalue weighted by atomic mass is 10.1. The van der Waals surface area contributed by atoms with Gasteiger partial charge in [0.25, 0.3) is 5.89 Å². The van der Waals surface area contributed by atoms with Gasteiger partial charge >= 0.3 is 0 Å². The first-order valence-electron chi connectivity index (χ1n) is 5.91. The SMILES string of the molecule is CCOCCc1noc(-c2ccc(C)cc2O)n1. The van der Waals surface area contributed by atoms with Gasteiger partial charge in [-0.25, -0.2) is 0 Å². The molecule has 0 spiro atoms. The number of aromatic nitrogens is 2. The number of phenolic OH excluding ortho intramolecular Hbond substituents is 1. The number of hydrogen-bond acceptors (Lipinski definition) is 5. The molecule has 2 rings (SSSR count). The minimum atomic E-state index is 0.148. The van der Waals surface area contributed by atoms with Crippen molar-refractivity contribution < 1.29 is 14.4 Å². The molecule has 1 N–H and O–H groups in total. The predicted molar refractivity (Wildman–Crippen MR) is 66.3 cm³/mol. The number of hydrogen-bond donors (Lipinski definition) is 1. The van der Waals surface area contributed by atoms with Gasteiger partial charge in [0, 0.05) is 13.0 Å². The molecule has 0 aliphatic heterocycles. The first kappa shape index (κ1) is 12.6. The van der Waals surface area contributed by atoms with Crippen LogP contribution in [0.2, 0.25) is 0 Å². The second kappa shape index (κ2) is 5.64. The Morgan fingerprint density at radius 2 is 2.22 bits per heavy atom. The molecule has 2 aromatic rings. The number of phenols is 1. The molecule has 0 saturated heterocycles. The maximum absolute atomic E-state index is 9.82. The summed E-state index contributed by atoms with van der Waals surface area (Å²) in [4.78, 5) is 4.23. The molecule has 18 heavy (non-hydrogen) atoms. The Bertz CT molecular complexity index is 523. The predicted octanol–water partition coefficient (Wildman–Crippen LogP) is 2.33. The number of benzene rings is 1. The van der Waals surface area contributed by atoms with Crippen molar-refractivity contribution in [2.75, 3.05) is 13.2 Å². The van der Waals surface area contributed by atoms with Gasteiger partial charge in [0.05, 0.1) is 12.2 Å². The zero-order chi connectivity index (χ0) is 13.0. The first-order valence-corrected chi connectivity index (χ1v) is 5.91. The summed E-state index contributed by atoms with van der Waals surface area (Å²) in [5, 5.41) is 13.7. The van der Waals surface area contributed by atoms with Crippen molar-refractivity contribution in [2.45, 2.75) is 20.3 Å². The Labute approximate surface area is 105 Å². The summed E-state index contributed by atoms with van der Waals surface area (Å²) in [5.74, 6) is 1.06. The molecule has 0 fully saturated rings. The zero-order valence-electron chi connectivity index (χ0n) is 10.5. The van der Waals surface area contributed by atoms with E-state index in [2.05, 4.69) is 10.1 Å². The molecule has 1 aromatic carbocycles. The van der Waals surface area contributed by atoms with E-state index in [0.29, 0.717) is 36.9 Å². The van der Waals surface area contributed by atoms with E-state index in [9.17, 15) is 5.11 Å². The van der Waals surface area contributed by atoms with Crippen LogP contribution in [-0.2, 0) is 11.2 Å². The van der Waals surface area contributed by atoms with E-state index >= 15 is 0 Å². The van der Waals surface area contributed by atoms with Gasteiger partial charge in [0.2, 0.25) is 0 Å². The molecule has 1 aromatic heterocycles. The fraction of sp³-hybridized carbons (Fsp3) is 0.385. The third-order valence-corrected chi connectivity index (χ3v) is 2.53. The quantitative estimate of drug-likeness (QED) is 0.822. The van der Waals surface area contributed by atoms with Gasteiger partial charge < -0.3 is 14.4 Å². The van der Waals surface area contributed by atoms with Crippen molar-refractivity contribution in [3.05, 3.63) is 29.6 Å². The van der Waals surface area contributed by atoms with E-state index < -0.39 is 0 Å². The maximum atomic E-state index is 9.82. The van der Waals surface area contributed by atoms with E-state index in [1.807, 2.05) is 19.9 Å². The Kier molecular flexibility index (Phi) is 3.94. The molecule has 0 radical (unpaired) electrons. The van der Waals surface area contributed by atoms with Crippen molar-refractivity contribution in [1.29, 1.82) is 0 Å². The van der Waals surface area contributed by atoms with Crippen LogP contribution in [0.3, 0.4) is 0 Å². The summed E-state index contributed by atoms with van der Waals surface area (Å²) in [6.45, 7) is 5.08. The average molecular weight is 248 g/mol. The van der Waals surface area contributed by atoms with Crippen LogP contribution in [-0.4, -0.2) is 28.5 Å². The van der Waals surface area contributed by atoms with Crippen LogP contribution in [0.1, 0.15) is 18.3 Å². The minimum absolute atomic E-state index is 0.148. The van der Waals surface area contributed by atoms with Gasteiger partial charge in [-0.3, -0.25) is 0 Å². The molecule has 5 nitrogen and oxygen atoms in total. The van der Waals surface area contributed by atoms with Crippen molar-refractivity contribution >= 4 is 0 Å². The topological polar surface area (TPSA) is 68.4 Å². The van der Waals surface area contributed by atoms with Crippen molar-refractivity contribution in [1.82, 2.24) is 10.1 Å². The number of nitrogens with zero attached hydrogens (tertiary/aromatic N) is 2. The molecule has 0 saturated carbocycles. The van der Waals surface area contributed by atoms with Crippen LogP contribution >= 0.6 is 0 Å². The number of rotatable bonds is 5. The second-order valence-electron chi connectivity index (χ2n) is 3.98. The molecular weight excluding hydrogens is 232 g/mol. The van der Waals surface area contributed by atoms with E-state index in [4.69, 9.17) is 9.26 Å². The summed E-state index contributed by atoms with van der Waals surface area (Å²) >= 11 is 0. The van der Waals surface area contributed by atoms with E-state index in [1.54, 1.807) is 12.1 Å². The monoisotopic (exact) mass is 248 g/mol. The average Bonchev–Trinajstić information content (AvgIpc) is 2.78. The normalized spacial score (nSPS) is 10.8. The lowest BCUT2D eigenvalue weighted by Gasteiger charge is -1.99. The van der Waals surface area contributed by atoms with Crippen LogP contribution in [0.4, 0.5) is 0 Å². The Hall–Kier alpha value is -1.88. The molecule has 5 heteroatoms. The second-order valence-corrected chi connectivity index (χ2v) is 3.98. The van der Waals surface area contributed by atoms with Gasteiger partial charge in [-0.1, -0.05) is 11.2 Å². The van der Waals surface area contributed by atoms with Gasteiger partial charge in [-0.05, 0) is 31.5 Å². The van der Waals surface area contributed by atoms with Crippen LogP contribution in [0.5, 0.6) is 5.75 Å². The summed E-state index contributed by atoms with van der Waals surface area (Å²) in [5.41, 5.74) is 1.53. The summed E-state index contributed by atoms with van der Waals surface area (Å²) in [6.07, 6.45) is 0.601. The minimum Gasteiger partial charge on any atom is -0.507 e. The molecule has 0 aliphatic rings. The number of aryl methyl sites for hydroxylation is 1. The third-order valence-electron chi connectivity index (χ3n) is 2.53. The van der Waals surface area contributed by atoms with E-state index in [1.165, 1.54) is 0 Å². The van der Waals surface area contributed by atoms with Gasteiger partial charge in [-0.15, -0.1) is 0 Å².